The number of nitrogens with zero attached hydrogens (tertiary/aromatic N) is 1. The van der Waals surface area contributed by atoms with Gasteiger partial charge in [0.25, 0.3) is 0 Å². The number of nitriles is 1. The molecule has 0 bridgehead atoms. The summed E-state index contributed by atoms with van der Waals surface area (Å²) in [6.45, 7) is 26.2. The maximum Gasteiger partial charge on any atom is 0.184 e. The molecular weight excluding hydrogens is 435 g/mol. The fraction of sp³-hybridized carbons (Fsp3) is 0.947. The first-order valence-electron chi connectivity index (χ1n) is 10.5. The molecule has 1 fully saturated rings. The summed E-state index contributed by atoms with van der Waals surface area (Å²) in [7, 11) is -7.54. The Bertz CT molecular complexity index is 572. The van der Waals surface area contributed by atoms with Crippen molar-refractivity contribution in [2.45, 2.75) is 109 Å². The van der Waals surface area contributed by atoms with Gasteiger partial charge in [-0.2, -0.15) is 5.26 Å². The molecule has 0 spiro atoms. The van der Waals surface area contributed by atoms with Crippen molar-refractivity contribution in [3.05, 3.63) is 0 Å². The van der Waals surface area contributed by atoms with Gasteiger partial charge < -0.3 is 22.4 Å². The molecule has 6 nitrogen and oxygen atoms in total. The van der Waals surface area contributed by atoms with E-state index in [0.717, 1.165) is 0 Å². The van der Waals surface area contributed by atoms with E-state index in [1.165, 1.54) is 0 Å². The SMILES string of the molecule is C[Si](C)(C)OC[C@H]1O[C@@H](C#N)[C@H](O[Si](C)(C)C)[C@@H](O[Si](C)(C)C)[C@@H]1O[Si](C)(C)C. The highest BCUT2D eigenvalue weighted by Gasteiger charge is 2.51. The van der Waals surface area contributed by atoms with Gasteiger partial charge in [0.15, 0.2) is 39.4 Å². The first-order chi connectivity index (χ1) is 12.8. The third kappa shape index (κ3) is 10.3. The average Bonchev–Trinajstić information content (AvgIpc) is 2.44. The number of hydrogen-bond acceptors (Lipinski definition) is 6. The average molecular weight is 478 g/mol. The van der Waals surface area contributed by atoms with Crippen molar-refractivity contribution in [1.82, 2.24) is 0 Å². The van der Waals surface area contributed by atoms with E-state index in [1.54, 1.807) is 0 Å². The van der Waals surface area contributed by atoms with Crippen molar-refractivity contribution in [3.63, 3.8) is 0 Å². The molecule has 170 valence electrons. The summed E-state index contributed by atoms with van der Waals surface area (Å²) in [5, 5.41) is 9.89. The zero-order valence-corrected chi connectivity index (χ0v) is 24.6. The van der Waals surface area contributed by atoms with Crippen molar-refractivity contribution < 1.29 is 22.4 Å². The Morgan fingerprint density at radius 1 is 0.655 bits per heavy atom. The van der Waals surface area contributed by atoms with E-state index >= 15 is 0 Å². The number of ether oxygens (including phenoxy) is 1. The maximum absolute atomic E-state index is 9.89. The second-order valence-corrected chi connectivity index (χ2v) is 29.6. The summed E-state index contributed by atoms with van der Waals surface area (Å²) in [6, 6.07) is 2.32. The molecule has 29 heavy (non-hydrogen) atoms. The van der Waals surface area contributed by atoms with Gasteiger partial charge >= 0.3 is 0 Å². The predicted octanol–water partition coefficient (Wildman–Crippen LogP) is 4.79. The van der Waals surface area contributed by atoms with Gasteiger partial charge in [-0.1, -0.05) is 0 Å². The highest BCUT2D eigenvalue weighted by molar-refractivity contribution is 6.71. The third-order valence-corrected chi connectivity index (χ3v) is 7.88. The number of hydrogen-bond donors (Lipinski definition) is 0. The van der Waals surface area contributed by atoms with E-state index in [4.69, 9.17) is 22.4 Å². The molecule has 10 heteroatoms. The quantitative estimate of drug-likeness (QED) is 0.445. The van der Waals surface area contributed by atoms with E-state index in [0.29, 0.717) is 6.61 Å². The molecule has 0 aromatic carbocycles. The van der Waals surface area contributed by atoms with Crippen molar-refractivity contribution in [3.8, 4) is 6.07 Å². The molecule has 0 unspecified atom stereocenters. The lowest BCUT2D eigenvalue weighted by atomic mass is 9.96. The Hall–Kier alpha value is 0.158. The molecule has 1 rings (SSSR count). The summed E-state index contributed by atoms with van der Waals surface area (Å²) in [5.74, 6) is 0. The van der Waals surface area contributed by atoms with E-state index in [-0.39, 0.29) is 18.3 Å². The summed E-state index contributed by atoms with van der Waals surface area (Å²) in [6.07, 6.45) is -2.15. The van der Waals surface area contributed by atoms with E-state index < -0.39 is 45.5 Å². The van der Waals surface area contributed by atoms with Gasteiger partial charge in [0, 0.05) is 0 Å². The molecule has 0 N–H and O–H groups in total. The smallest absolute Gasteiger partial charge is 0.184 e. The first kappa shape index (κ1) is 27.2. The summed E-state index contributed by atoms with van der Waals surface area (Å²) < 4.78 is 32.2. The van der Waals surface area contributed by atoms with Crippen LogP contribution in [0.2, 0.25) is 78.6 Å². The molecule has 0 aromatic heterocycles. The van der Waals surface area contributed by atoms with Crippen LogP contribution < -0.4 is 0 Å². The monoisotopic (exact) mass is 477 g/mol. The van der Waals surface area contributed by atoms with Crippen LogP contribution in [0.15, 0.2) is 0 Å². The van der Waals surface area contributed by atoms with Crippen molar-refractivity contribution in [2.24, 2.45) is 0 Å². The second-order valence-electron chi connectivity index (χ2n) is 11.7. The molecule has 1 heterocycles. The molecule has 0 saturated carbocycles. The summed E-state index contributed by atoms with van der Waals surface area (Å²) in [4.78, 5) is 0. The van der Waals surface area contributed by atoms with Gasteiger partial charge in [0.2, 0.25) is 0 Å². The van der Waals surface area contributed by atoms with Crippen molar-refractivity contribution >= 4 is 33.3 Å². The van der Waals surface area contributed by atoms with Crippen LogP contribution in [0.5, 0.6) is 0 Å². The largest absolute Gasteiger partial charge is 0.415 e. The minimum absolute atomic E-state index is 0.310. The minimum atomic E-state index is -1.94. The van der Waals surface area contributed by atoms with Crippen LogP contribution in [-0.4, -0.2) is 70.4 Å². The van der Waals surface area contributed by atoms with Crippen molar-refractivity contribution in [1.29, 1.82) is 5.26 Å². The zero-order chi connectivity index (χ0) is 22.8. The Morgan fingerprint density at radius 3 is 1.45 bits per heavy atom. The molecule has 5 atom stereocenters. The van der Waals surface area contributed by atoms with Gasteiger partial charge in [0.1, 0.15) is 24.4 Å². The molecular formula is C19H43NO5Si4. The molecule has 0 aromatic rings. The Labute approximate surface area is 182 Å². The normalized spacial score (nSPS) is 29.6. The van der Waals surface area contributed by atoms with Crippen LogP contribution in [0.25, 0.3) is 0 Å². The Morgan fingerprint density at radius 2 is 1.07 bits per heavy atom. The Balaban J connectivity index is 3.37. The standard InChI is InChI=1S/C19H43NO5Si4/c1-26(2,3)21-14-16-18(24-28(7,8)9)19(25-29(10,11)12)17(15(13-20)22-16)23-27(4,5)6/h15-19H,14H2,1-12H3/t15-,16+,17-,18+,19+/m0/s1. The van der Waals surface area contributed by atoms with Crippen LogP contribution in [0.3, 0.4) is 0 Å². The molecule has 0 amide bonds. The lowest BCUT2D eigenvalue weighted by Gasteiger charge is -2.49. The second kappa shape index (κ2) is 9.75. The number of rotatable bonds is 9. The first-order valence-corrected chi connectivity index (χ1v) is 24.2. The van der Waals surface area contributed by atoms with Crippen LogP contribution in [0.4, 0.5) is 0 Å². The molecule has 0 aliphatic carbocycles. The fourth-order valence-corrected chi connectivity index (χ4v) is 7.04. The molecule has 1 aliphatic rings. The Kier molecular flexibility index (Phi) is 9.14. The van der Waals surface area contributed by atoms with Crippen LogP contribution in [-0.2, 0) is 22.4 Å². The van der Waals surface area contributed by atoms with Crippen LogP contribution in [0.1, 0.15) is 0 Å². The lowest BCUT2D eigenvalue weighted by molar-refractivity contribution is -0.198. The van der Waals surface area contributed by atoms with E-state index in [2.05, 4.69) is 84.6 Å². The minimum Gasteiger partial charge on any atom is -0.415 e. The maximum atomic E-state index is 9.89. The summed E-state index contributed by atoms with van der Waals surface area (Å²) >= 11 is 0. The predicted molar refractivity (Wildman–Crippen MR) is 128 cm³/mol. The van der Waals surface area contributed by atoms with Gasteiger partial charge in [-0.05, 0) is 78.6 Å². The van der Waals surface area contributed by atoms with Gasteiger partial charge in [0.05, 0.1) is 12.7 Å². The van der Waals surface area contributed by atoms with Crippen LogP contribution >= 0.6 is 0 Å². The van der Waals surface area contributed by atoms with E-state index in [9.17, 15) is 5.26 Å². The third-order valence-electron chi connectivity index (χ3n) is 3.91. The zero-order valence-electron chi connectivity index (χ0n) is 20.6. The highest BCUT2D eigenvalue weighted by atomic mass is 28.4. The summed E-state index contributed by atoms with van der Waals surface area (Å²) in [5.41, 5.74) is 0. The van der Waals surface area contributed by atoms with Crippen LogP contribution in [0, 0.1) is 11.3 Å². The van der Waals surface area contributed by atoms with Gasteiger partial charge in [-0.3, -0.25) is 0 Å². The lowest BCUT2D eigenvalue weighted by Crippen LogP contribution is -2.65. The highest BCUT2D eigenvalue weighted by Crippen LogP contribution is 2.33. The fourth-order valence-electron chi connectivity index (χ4n) is 3.11. The van der Waals surface area contributed by atoms with Gasteiger partial charge in [-0.25, -0.2) is 0 Å². The molecule has 0 radical (unpaired) electrons. The van der Waals surface area contributed by atoms with Gasteiger partial charge in [-0.15, -0.1) is 0 Å². The molecule has 1 aliphatic heterocycles. The van der Waals surface area contributed by atoms with E-state index in [1.807, 2.05) is 0 Å². The topological polar surface area (TPSA) is 69.9 Å². The molecule has 1 saturated heterocycles. The van der Waals surface area contributed by atoms with Crippen molar-refractivity contribution in [2.75, 3.05) is 6.61 Å².